The van der Waals surface area contributed by atoms with Gasteiger partial charge in [0.15, 0.2) is 0 Å². The van der Waals surface area contributed by atoms with Crippen LogP contribution in [0.3, 0.4) is 0 Å². The van der Waals surface area contributed by atoms with E-state index < -0.39 is 12.8 Å². The Kier molecular flexibility index (Phi) is 2.39. The Morgan fingerprint density at radius 3 is 1.29 bits per heavy atom. The van der Waals surface area contributed by atoms with Crippen molar-refractivity contribution in [3.63, 3.8) is 0 Å². The molecule has 0 aromatic rings. The predicted molar refractivity (Wildman–Crippen MR) is 13.9 cm³/mol. The van der Waals surface area contributed by atoms with E-state index >= 15 is 0 Å². The molecule has 0 radical (unpaired) electrons. The second kappa shape index (κ2) is 1.63. The van der Waals surface area contributed by atoms with E-state index in [1.165, 1.54) is 0 Å². The summed E-state index contributed by atoms with van der Waals surface area (Å²) in [4.78, 5) is 0. The van der Waals surface area contributed by atoms with Crippen LogP contribution in [0.15, 0.2) is 0 Å². The summed E-state index contributed by atoms with van der Waals surface area (Å²) in [5, 5.41) is 0. The molecular formula is H4ClNO4Ru. The average molecular weight is 219 g/mol. The molecule has 0 aliphatic rings. The van der Waals surface area contributed by atoms with Crippen molar-refractivity contribution in [3.05, 3.63) is 0 Å². The zero-order chi connectivity index (χ0) is 5.45. The summed E-state index contributed by atoms with van der Waals surface area (Å²) >= 11 is -7.00. The summed E-state index contributed by atoms with van der Waals surface area (Å²) in [5.41, 5.74) is 0. The molecule has 48 valence electrons. The Bertz CT molecular complexity index is 190. The van der Waals surface area contributed by atoms with Crippen molar-refractivity contribution in [1.29, 1.82) is 0 Å². The minimum absolute atomic E-state index is 0. The molecular weight excluding hydrogens is 215 g/mol. The summed E-state index contributed by atoms with van der Waals surface area (Å²) in [6, 6.07) is 0. The van der Waals surface area contributed by atoms with Gasteiger partial charge in [0.05, 0.1) is 0 Å². The summed E-state index contributed by atoms with van der Waals surface area (Å²) in [6.07, 6.45) is 0. The Balaban J connectivity index is 0. The fraction of sp³-hybridized carbons (Fsp3) is 0. The zero-order valence-electron chi connectivity index (χ0n) is 3.36. The Morgan fingerprint density at radius 1 is 1.29 bits per heavy atom. The number of hydrogen-bond acceptors (Lipinski definition) is 4. The van der Waals surface area contributed by atoms with Gasteiger partial charge in [0.25, 0.3) is 0 Å². The molecule has 5 nitrogen and oxygen atoms in total. The van der Waals surface area contributed by atoms with Crippen LogP contribution in [0, 0.1) is 0 Å². The van der Waals surface area contributed by atoms with Crippen LogP contribution in [0.25, 0.3) is 0 Å². The van der Waals surface area contributed by atoms with Crippen molar-refractivity contribution >= 4 is 9.69 Å². The van der Waals surface area contributed by atoms with Gasteiger partial charge in [0.2, 0.25) is 0 Å². The molecule has 0 spiro atoms. The van der Waals surface area contributed by atoms with Crippen LogP contribution < -0.4 is 10.1 Å². The van der Waals surface area contributed by atoms with Crippen molar-refractivity contribution in [2.24, 2.45) is 0 Å². The van der Waals surface area contributed by atoms with Crippen molar-refractivity contribution in [2.45, 2.75) is 0 Å². The summed E-state index contributed by atoms with van der Waals surface area (Å²) in [7, 11) is 3.74. The number of quaternary nitrogens is 1. The summed E-state index contributed by atoms with van der Waals surface area (Å²) < 4.78 is 35.8. The predicted octanol–water partition coefficient (Wildman–Crippen LogP) is -0.482. The van der Waals surface area contributed by atoms with Gasteiger partial charge in [-0.05, 0) is 0 Å². The van der Waals surface area contributed by atoms with Crippen molar-refractivity contribution in [2.75, 3.05) is 0 Å². The molecule has 0 aliphatic heterocycles. The average Bonchev–Trinajstić information content (AvgIpc) is 0.650. The van der Waals surface area contributed by atoms with E-state index in [9.17, 15) is 0 Å². The van der Waals surface area contributed by atoms with E-state index in [1.54, 1.807) is 0 Å². The van der Waals surface area contributed by atoms with E-state index in [4.69, 9.17) is 14.7 Å². The molecule has 0 saturated carbocycles. The normalized spacial score (nSPS) is 16.0. The molecule has 0 heterocycles. The molecule has 0 amide bonds. The van der Waals surface area contributed by atoms with Gasteiger partial charge in [-0.1, -0.05) is 0 Å². The minimum atomic E-state index is -7.00. The van der Waals surface area contributed by atoms with Gasteiger partial charge in [-0.3, -0.25) is 0 Å². The van der Waals surface area contributed by atoms with Gasteiger partial charge in [0.1, 0.15) is 0 Å². The van der Waals surface area contributed by atoms with E-state index in [1.807, 2.05) is 0 Å². The third-order valence-corrected chi connectivity index (χ3v) is 0. The standard InChI is InChI=1S/ClH.H3N.4O.Ru/h1H;1H3;;;;;/q;;;;;-1;+1. The van der Waals surface area contributed by atoms with Gasteiger partial charge in [-0.25, -0.2) is 0 Å². The van der Waals surface area contributed by atoms with Crippen LogP contribution in [0.4, 0.5) is 0 Å². The number of halogens is 1. The summed E-state index contributed by atoms with van der Waals surface area (Å²) in [5.74, 6) is 0. The molecule has 0 rings (SSSR count). The molecule has 0 aliphatic carbocycles. The monoisotopic (exact) mass is 219 g/mol. The van der Waals surface area contributed by atoms with Gasteiger partial charge in [0, 0.05) is 0 Å². The van der Waals surface area contributed by atoms with Crippen LogP contribution >= 0.6 is 9.69 Å². The summed E-state index contributed by atoms with van der Waals surface area (Å²) in [6.45, 7) is 0. The Labute approximate surface area is 43.8 Å². The van der Waals surface area contributed by atoms with Crippen LogP contribution in [0.5, 0.6) is 0 Å². The van der Waals surface area contributed by atoms with Crippen molar-refractivity contribution in [3.8, 4) is 0 Å². The van der Waals surface area contributed by atoms with Crippen molar-refractivity contribution in [1.82, 2.24) is 6.15 Å². The van der Waals surface area contributed by atoms with Gasteiger partial charge >= 0.3 is 37.2 Å². The first-order chi connectivity index (χ1) is 2.24. The van der Waals surface area contributed by atoms with Gasteiger partial charge in [-0.15, -0.1) is 0 Å². The first-order valence-electron chi connectivity index (χ1n) is 0.711. The molecule has 0 unspecified atom stereocenters. The Morgan fingerprint density at radius 2 is 1.29 bits per heavy atom. The van der Waals surface area contributed by atoms with E-state index in [2.05, 4.69) is 9.69 Å². The van der Waals surface area contributed by atoms with Crippen LogP contribution in [-0.2, 0) is 23.5 Å². The molecule has 0 aromatic heterocycles. The van der Waals surface area contributed by atoms with Crippen molar-refractivity contribution < 1.29 is 27.5 Å². The molecule has 4 N–H and O–H groups in total. The first kappa shape index (κ1) is 10.3. The molecule has 0 atom stereocenters. The molecule has 0 aromatic carbocycles. The van der Waals surface area contributed by atoms with Crippen LogP contribution in [0.2, 0.25) is 0 Å². The second-order valence-electron chi connectivity index (χ2n) is 0.572. The van der Waals surface area contributed by atoms with E-state index in [-0.39, 0.29) is 6.15 Å². The third kappa shape index (κ3) is 2050. The molecule has 0 saturated heterocycles. The topological polar surface area (TPSA) is 111 Å². The quantitative estimate of drug-likeness (QED) is 0.553. The fourth-order valence-electron chi connectivity index (χ4n) is 0. The number of rotatable bonds is 0. The van der Waals surface area contributed by atoms with E-state index in [0.29, 0.717) is 0 Å². The SMILES string of the molecule is [NH4+].[O]=[Ru](=[O])(=[O])([O-])[Cl]. The van der Waals surface area contributed by atoms with Crippen LogP contribution in [-0.4, -0.2) is 0 Å². The Hall–Kier alpha value is 0.233. The number of hydrogen-bond donors (Lipinski definition) is 1. The third-order valence-electron chi connectivity index (χ3n) is 0. The second-order valence-corrected chi connectivity index (χ2v) is 5.96. The van der Waals surface area contributed by atoms with Gasteiger partial charge in [-0.2, -0.15) is 0 Å². The molecule has 7 heteroatoms. The first-order valence-corrected chi connectivity index (χ1v) is 5.79. The maximum atomic E-state index is 8.96. The zero-order valence-corrected chi connectivity index (χ0v) is 5.86. The molecule has 0 bridgehead atoms. The van der Waals surface area contributed by atoms with E-state index in [0.717, 1.165) is 0 Å². The molecule has 0 fully saturated rings. The maximum absolute atomic E-state index is 8.96. The fourth-order valence-corrected chi connectivity index (χ4v) is 0. The van der Waals surface area contributed by atoms with Crippen LogP contribution in [0.1, 0.15) is 0 Å². The molecule has 7 heavy (non-hydrogen) atoms. The van der Waals surface area contributed by atoms with Gasteiger partial charge < -0.3 is 6.15 Å².